The number of rotatable bonds is 4. The van der Waals surface area contributed by atoms with Gasteiger partial charge in [-0.25, -0.2) is 4.99 Å². The van der Waals surface area contributed by atoms with Gasteiger partial charge in [-0.15, -0.1) is 11.3 Å². The van der Waals surface area contributed by atoms with Crippen molar-refractivity contribution in [1.29, 1.82) is 0 Å². The molecule has 1 aliphatic carbocycles. The van der Waals surface area contributed by atoms with Crippen LogP contribution in [0.25, 0.3) is 5.69 Å². The molecule has 0 atom stereocenters. The number of aliphatic imine (C=N–C) groups is 1. The zero-order valence-corrected chi connectivity index (χ0v) is 17.9. The Morgan fingerprint density at radius 1 is 1.13 bits per heavy atom. The van der Waals surface area contributed by atoms with E-state index in [-0.39, 0.29) is 5.56 Å². The second kappa shape index (κ2) is 7.91. The first-order valence-corrected chi connectivity index (χ1v) is 10.8. The van der Waals surface area contributed by atoms with E-state index in [9.17, 15) is 9.59 Å². The fourth-order valence-electron chi connectivity index (χ4n) is 4.16. The Morgan fingerprint density at radius 3 is 2.53 bits per heavy atom. The van der Waals surface area contributed by atoms with E-state index >= 15 is 0 Å². The molecule has 0 aliphatic heterocycles. The van der Waals surface area contributed by atoms with E-state index in [0.29, 0.717) is 33.3 Å². The van der Waals surface area contributed by atoms with Crippen LogP contribution < -0.4 is 17.0 Å². The smallest absolute Gasteiger partial charge is 0.256 e. The minimum atomic E-state index is -0.445. The van der Waals surface area contributed by atoms with Crippen LogP contribution in [0.2, 0.25) is 0 Å². The third-order valence-electron chi connectivity index (χ3n) is 5.50. The van der Waals surface area contributed by atoms with E-state index in [1.807, 2.05) is 44.2 Å². The lowest BCUT2D eigenvalue weighted by Crippen LogP contribution is -2.24. The summed E-state index contributed by atoms with van der Waals surface area (Å²) in [4.78, 5) is 30.8. The molecular weight excluding hydrogens is 396 g/mol. The van der Waals surface area contributed by atoms with Crippen LogP contribution in [0.4, 0.5) is 10.8 Å². The standard InChI is InChI=1S/C23H24N4O2S/c1-13-12-18(28)27(15-8-4-3-5-9-15)21(24)19(13)14(2)26-23-20(22(25)29)16-10-6-7-11-17(16)30-23/h3-5,8-9,12H,6-7,10-11,24H2,1-2H3,(H2,25,29)/b26-14+. The molecule has 0 radical (unpaired) electrons. The van der Waals surface area contributed by atoms with Crippen molar-refractivity contribution in [3.8, 4) is 5.69 Å². The lowest BCUT2D eigenvalue weighted by Gasteiger charge is -2.16. The number of carbonyl (C=O) groups is 1. The molecule has 1 amide bonds. The number of nitrogens with zero attached hydrogens (tertiary/aromatic N) is 2. The van der Waals surface area contributed by atoms with E-state index in [4.69, 9.17) is 16.5 Å². The van der Waals surface area contributed by atoms with Crippen molar-refractivity contribution in [3.63, 3.8) is 0 Å². The maximum atomic E-state index is 12.7. The maximum Gasteiger partial charge on any atom is 0.256 e. The topological polar surface area (TPSA) is 103 Å². The van der Waals surface area contributed by atoms with E-state index in [1.54, 1.807) is 6.07 Å². The Kier molecular flexibility index (Phi) is 5.30. The summed E-state index contributed by atoms with van der Waals surface area (Å²) in [7, 11) is 0. The zero-order valence-electron chi connectivity index (χ0n) is 17.1. The summed E-state index contributed by atoms with van der Waals surface area (Å²) in [6, 6.07) is 10.8. The van der Waals surface area contributed by atoms with Gasteiger partial charge >= 0.3 is 0 Å². The van der Waals surface area contributed by atoms with Gasteiger partial charge in [0.1, 0.15) is 10.8 Å². The minimum absolute atomic E-state index is 0.197. The number of fused-ring (bicyclic) bond motifs is 1. The fourth-order valence-corrected chi connectivity index (χ4v) is 5.48. The van der Waals surface area contributed by atoms with E-state index in [0.717, 1.165) is 36.8 Å². The number of benzene rings is 1. The van der Waals surface area contributed by atoms with Gasteiger partial charge in [-0.05, 0) is 62.8 Å². The summed E-state index contributed by atoms with van der Waals surface area (Å²) in [5.74, 6) is -0.116. The Labute approximate surface area is 178 Å². The van der Waals surface area contributed by atoms with Crippen molar-refractivity contribution in [3.05, 3.63) is 73.9 Å². The number of hydrogen-bond acceptors (Lipinski definition) is 5. The third-order valence-corrected chi connectivity index (χ3v) is 6.68. The van der Waals surface area contributed by atoms with Crippen LogP contribution in [-0.4, -0.2) is 16.2 Å². The maximum absolute atomic E-state index is 12.7. The van der Waals surface area contributed by atoms with Gasteiger partial charge in [0.25, 0.3) is 11.5 Å². The Balaban J connectivity index is 1.88. The van der Waals surface area contributed by atoms with Gasteiger partial charge in [0.2, 0.25) is 0 Å². The lowest BCUT2D eigenvalue weighted by atomic mass is 9.95. The van der Waals surface area contributed by atoms with Gasteiger partial charge in [-0.1, -0.05) is 18.2 Å². The van der Waals surface area contributed by atoms with Crippen molar-refractivity contribution in [2.75, 3.05) is 5.73 Å². The molecule has 30 heavy (non-hydrogen) atoms. The average Bonchev–Trinajstić information content (AvgIpc) is 3.06. The number of hydrogen-bond donors (Lipinski definition) is 2. The van der Waals surface area contributed by atoms with E-state index in [1.165, 1.54) is 20.8 Å². The first kappa shape index (κ1) is 20.1. The second-order valence-corrected chi connectivity index (χ2v) is 8.63. The highest BCUT2D eigenvalue weighted by Gasteiger charge is 2.24. The molecule has 0 saturated heterocycles. The number of primary amides is 1. The van der Waals surface area contributed by atoms with Gasteiger partial charge in [0, 0.05) is 16.5 Å². The molecule has 0 saturated carbocycles. The second-order valence-electron chi connectivity index (χ2n) is 7.55. The number of aryl methyl sites for hydroxylation is 2. The van der Waals surface area contributed by atoms with Crippen molar-refractivity contribution < 1.29 is 4.79 Å². The first-order chi connectivity index (χ1) is 14.4. The molecule has 0 bridgehead atoms. The molecule has 4 rings (SSSR count). The molecule has 2 heterocycles. The summed E-state index contributed by atoms with van der Waals surface area (Å²) in [5.41, 5.74) is 16.3. The summed E-state index contributed by atoms with van der Waals surface area (Å²) in [6.07, 6.45) is 3.98. The van der Waals surface area contributed by atoms with Crippen LogP contribution in [-0.2, 0) is 12.8 Å². The molecule has 3 aromatic rings. The Bertz CT molecular complexity index is 1220. The van der Waals surface area contributed by atoms with Gasteiger partial charge < -0.3 is 11.5 Å². The molecule has 0 spiro atoms. The summed E-state index contributed by atoms with van der Waals surface area (Å²) >= 11 is 1.53. The molecule has 7 heteroatoms. The van der Waals surface area contributed by atoms with Crippen molar-refractivity contribution >= 4 is 33.8 Å². The molecule has 2 aromatic heterocycles. The lowest BCUT2D eigenvalue weighted by molar-refractivity contribution is 0.100. The quantitative estimate of drug-likeness (QED) is 0.625. The highest BCUT2D eigenvalue weighted by molar-refractivity contribution is 7.16. The number of para-hydroxylation sites is 1. The van der Waals surface area contributed by atoms with Crippen LogP contribution in [0.1, 0.15) is 51.7 Å². The number of thiophene rings is 1. The molecule has 1 aliphatic rings. The van der Waals surface area contributed by atoms with Crippen LogP contribution in [0.5, 0.6) is 0 Å². The predicted octanol–water partition coefficient (Wildman–Crippen LogP) is 3.91. The minimum Gasteiger partial charge on any atom is -0.384 e. The van der Waals surface area contributed by atoms with Gasteiger partial charge in [-0.2, -0.15) is 0 Å². The Morgan fingerprint density at radius 2 is 1.83 bits per heavy atom. The number of pyridine rings is 1. The number of carbonyl (C=O) groups excluding carboxylic acids is 1. The van der Waals surface area contributed by atoms with E-state index in [2.05, 4.69) is 0 Å². The molecule has 0 unspecified atom stereocenters. The van der Waals surface area contributed by atoms with E-state index < -0.39 is 5.91 Å². The van der Waals surface area contributed by atoms with Gasteiger partial charge in [-0.3, -0.25) is 14.2 Å². The van der Waals surface area contributed by atoms with Crippen LogP contribution in [0.3, 0.4) is 0 Å². The van der Waals surface area contributed by atoms with Crippen LogP contribution in [0, 0.1) is 6.92 Å². The van der Waals surface area contributed by atoms with Crippen molar-refractivity contribution in [1.82, 2.24) is 4.57 Å². The summed E-state index contributed by atoms with van der Waals surface area (Å²) in [6.45, 7) is 3.69. The predicted molar refractivity (Wildman–Crippen MR) is 123 cm³/mol. The number of amides is 1. The van der Waals surface area contributed by atoms with Crippen LogP contribution in [0.15, 0.2) is 46.2 Å². The third kappa shape index (κ3) is 3.45. The van der Waals surface area contributed by atoms with Gasteiger partial charge in [0.05, 0.1) is 17.0 Å². The van der Waals surface area contributed by atoms with Gasteiger partial charge in [0.15, 0.2) is 0 Å². The number of anilines is 1. The number of aromatic nitrogens is 1. The highest BCUT2D eigenvalue weighted by Crippen LogP contribution is 2.40. The molecule has 6 nitrogen and oxygen atoms in total. The SMILES string of the molecule is C/C(=N\c1sc2c(c1C(N)=O)CCCC2)c1c(C)cc(=O)n(-c2ccccc2)c1N. The highest BCUT2D eigenvalue weighted by atomic mass is 32.1. The number of nitrogens with two attached hydrogens (primary N) is 2. The first-order valence-electron chi connectivity index (χ1n) is 9.96. The fraction of sp³-hybridized carbons (Fsp3) is 0.261. The average molecular weight is 421 g/mol. The zero-order chi connectivity index (χ0) is 21.4. The molecule has 4 N–H and O–H groups in total. The van der Waals surface area contributed by atoms with Crippen molar-refractivity contribution in [2.24, 2.45) is 10.7 Å². The molecular formula is C23H24N4O2S. The molecule has 1 aromatic carbocycles. The van der Waals surface area contributed by atoms with Crippen molar-refractivity contribution in [2.45, 2.75) is 39.5 Å². The monoisotopic (exact) mass is 420 g/mol. The summed E-state index contributed by atoms with van der Waals surface area (Å²) < 4.78 is 1.48. The largest absolute Gasteiger partial charge is 0.384 e. The van der Waals surface area contributed by atoms with Crippen LogP contribution >= 0.6 is 11.3 Å². The molecule has 154 valence electrons. The summed E-state index contributed by atoms with van der Waals surface area (Å²) in [5, 5.41) is 0.628. The number of nitrogen functional groups attached to an aromatic ring is 1. The molecule has 0 fully saturated rings. The Hall–Kier alpha value is -3.19. The normalized spacial score (nSPS) is 13.9.